The quantitative estimate of drug-likeness (QED) is 0.813. The van der Waals surface area contributed by atoms with Gasteiger partial charge in [-0.2, -0.15) is 5.10 Å². The zero-order valence-corrected chi connectivity index (χ0v) is 10.6. The highest BCUT2D eigenvalue weighted by molar-refractivity contribution is 5.80. The van der Waals surface area contributed by atoms with Gasteiger partial charge in [-0.05, 0) is 26.2 Å². The maximum Gasteiger partial charge on any atom is 0.247 e. The summed E-state index contributed by atoms with van der Waals surface area (Å²) < 4.78 is 1.62. The molecule has 3 unspecified atom stereocenters. The second-order valence-corrected chi connectivity index (χ2v) is 5.26. The van der Waals surface area contributed by atoms with Crippen molar-refractivity contribution in [2.24, 2.45) is 0 Å². The van der Waals surface area contributed by atoms with Crippen LogP contribution in [0.2, 0.25) is 0 Å². The van der Waals surface area contributed by atoms with Crippen molar-refractivity contribution < 1.29 is 4.79 Å². The Kier molecular flexibility index (Phi) is 3.03. The van der Waals surface area contributed by atoms with Crippen LogP contribution in [0.3, 0.4) is 0 Å². The van der Waals surface area contributed by atoms with Crippen LogP contribution in [0.1, 0.15) is 32.2 Å². The van der Waals surface area contributed by atoms with Crippen LogP contribution in [0.5, 0.6) is 0 Å². The fourth-order valence-corrected chi connectivity index (χ4v) is 2.94. The predicted molar refractivity (Wildman–Crippen MR) is 65.9 cm³/mol. The van der Waals surface area contributed by atoms with Gasteiger partial charge in [0, 0.05) is 25.2 Å². The van der Waals surface area contributed by atoms with E-state index in [0.717, 1.165) is 19.5 Å². The third-order valence-electron chi connectivity index (χ3n) is 4.03. The predicted octanol–water partition coefficient (Wildman–Crippen LogP) is 0.192. The summed E-state index contributed by atoms with van der Waals surface area (Å²) in [6, 6.07) is 0.822. The average Bonchev–Trinajstić information content (AvgIpc) is 2.97. The molecule has 0 aliphatic carbocycles. The third-order valence-corrected chi connectivity index (χ3v) is 4.03. The molecule has 1 aromatic rings. The van der Waals surface area contributed by atoms with Gasteiger partial charge in [-0.15, -0.1) is 0 Å². The van der Waals surface area contributed by atoms with E-state index in [2.05, 4.69) is 15.4 Å². The summed E-state index contributed by atoms with van der Waals surface area (Å²) >= 11 is 0. The average molecular weight is 249 g/mol. The molecule has 3 heterocycles. The van der Waals surface area contributed by atoms with Crippen LogP contribution in [0.25, 0.3) is 0 Å². The number of amides is 1. The molecule has 3 atom stereocenters. The van der Waals surface area contributed by atoms with Crippen molar-refractivity contribution in [2.75, 3.05) is 13.1 Å². The summed E-state index contributed by atoms with van der Waals surface area (Å²) in [7, 11) is 0. The second-order valence-electron chi connectivity index (χ2n) is 5.26. The molecule has 2 bridgehead atoms. The van der Waals surface area contributed by atoms with Crippen LogP contribution in [0.4, 0.5) is 0 Å². The van der Waals surface area contributed by atoms with Crippen molar-refractivity contribution in [3.8, 4) is 0 Å². The summed E-state index contributed by atoms with van der Waals surface area (Å²) in [5, 5.41) is 7.63. The molecule has 2 fully saturated rings. The van der Waals surface area contributed by atoms with Crippen LogP contribution >= 0.6 is 0 Å². The van der Waals surface area contributed by atoms with Crippen molar-refractivity contribution >= 4 is 5.91 Å². The van der Waals surface area contributed by atoms with Gasteiger partial charge in [-0.1, -0.05) is 0 Å². The molecule has 0 saturated carbocycles. The maximum absolute atomic E-state index is 12.4. The first-order valence-electron chi connectivity index (χ1n) is 6.63. The largest absolute Gasteiger partial charge is 0.339 e. The van der Waals surface area contributed by atoms with Crippen molar-refractivity contribution in [1.82, 2.24) is 25.0 Å². The molecule has 1 amide bonds. The summed E-state index contributed by atoms with van der Waals surface area (Å²) in [6.07, 6.45) is 6.57. The molecule has 1 aromatic heterocycles. The van der Waals surface area contributed by atoms with Gasteiger partial charge >= 0.3 is 0 Å². The van der Waals surface area contributed by atoms with Gasteiger partial charge in [0.25, 0.3) is 0 Å². The second kappa shape index (κ2) is 4.68. The first kappa shape index (κ1) is 11.6. The fraction of sp³-hybridized carbons (Fsp3) is 0.750. The Bertz CT molecular complexity index is 418. The number of aromatic nitrogens is 3. The Balaban J connectivity index is 1.68. The van der Waals surface area contributed by atoms with E-state index in [0.29, 0.717) is 12.1 Å². The zero-order valence-electron chi connectivity index (χ0n) is 10.6. The van der Waals surface area contributed by atoms with Crippen LogP contribution in [0.15, 0.2) is 12.7 Å². The van der Waals surface area contributed by atoms with Gasteiger partial charge in [0.1, 0.15) is 18.7 Å². The lowest BCUT2D eigenvalue weighted by Gasteiger charge is -2.27. The van der Waals surface area contributed by atoms with Crippen LogP contribution in [0, 0.1) is 0 Å². The topological polar surface area (TPSA) is 63.1 Å². The maximum atomic E-state index is 12.4. The fourth-order valence-electron chi connectivity index (χ4n) is 2.94. The van der Waals surface area contributed by atoms with Crippen molar-refractivity contribution in [3.05, 3.63) is 12.7 Å². The number of likely N-dealkylation sites (tertiary alicyclic amines) is 1. The lowest BCUT2D eigenvalue weighted by molar-refractivity contribution is -0.134. The highest BCUT2D eigenvalue weighted by atomic mass is 16.2. The van der Waals surface area contributed by atoms with E-state index < -0.39 is 0 Å². The molecule has 3 rings (SSSR count). The molecule has 6 nitrogen and oxygen atoms in total. The summed E-state index contributed by atoms with van der Waals surface area (Å²) in [5.41, 5.74) is 0. The summed E-state index contributed by atoms with van der Waals surface area (Å²) in [5.74, 6) is 0.148. The number of fused-ring (bicyclic) bond motifs is 2. The first-order chi connectivity index (χ1) is 8.74. The van der Waals surface area contributed by atoms with Gasteiger partial charge in [0.05, 0.1) is 0 Å². The smallest absolute Gasteiger partial charge is 0.247 e. The Morgan fingerprint density at radius 1 is 1.39 bits per heavy atom. The highest BCUT2D eigenvalue weighted by Crippen LogP contribution is 2.22. The number of nitrogens with zero attached hydrogens (tertiary/aromatic N) is 4. The Morgan fingerprint density at radius 3 is 3.00 bits per heavy atom. The minimum Gasteiger partial charge on any atom is -0.339 e. The number of carbonyl (C=O) groups excluding carboxylic acids is 1. The molecule has 2 aliphatic rings. The minimum absolute atomic E-state index is 0.148. The van der Waals surface area contributed by atoms with Gasteiger partial charge in [0.15, 0.2) is 0 Å². The minimum atomic E-state index is -0.260. The monoisotopic (exact) mass is 249 g/mol. The standard InChI is InChI=1S/C12H19N5O/c1-9(17-8-13-7-14-17)12(18)16-5-4-10-2-3-11(6-16)15-10/h7-11,15H,2-6H2,1H3. The van der Waals surface area contributed by atoms with Crippen LogP contribution < -0.4 is 5.32 Å². The molecule has 0 aromatic carbocycles. The van der Waals surface area contributed by atoms with E-state index in [1.165, 1.54) is 19.2 Å². The molecule has 98 valence electrons. The van der Waals surface area contributed by atoms with E-state index in [4.69, 9.17) is 0 Å². The molecule has 1 N–H and O–H groups in total. The number of rotatable bonds is 2. The first-order valence-corrected chi connectivity index (χ1v) is 6.63. The van der Waals surface area contributed by atoms with Gasteiger partial charge in [0.2, 0.25) is 5.91 Å². The molecule has 2 saturated heterocycles. The number of hydrogen-bond acceptors (Lipinski definition) is 4. The van der Waals surface area contributed by atoms with E-state index in [-0.39, 0.29) is 11.9 Å². The molecule has 18 heavy (non-hydrogen) atoms. The van der Waals surface area contributed by atoms with Crippen LogP contribution in [-0.2, 0) is 4.79 Å². The van der Waals surface area contributed by atoms with Crippen molar-refractivity contribution in [2.45, 2.75) is 44.3 Å². The number of nitrogens with one attached hydrogen (secondary N) is 1. The van der Waals surface area contributed by atoms with Gasteiger partial charge in [-0.25, -0.2) is 9.67 Å². The normalized spacial score (nSPS) is 29.1. The lowest BCUT2D eigenvalue weighted by atomic mass is 10.1. The molecule has 2 aliphatic heterocycles. The van der Waals surface area contributed by atoms with E-state index in [1.54, 1.807) is 11.0 Å². The molecule has 6 heteroatoms. The SMILES string of the molecule is CC(C(=O)N1CCC2CCC(C1)N2)n1cncn1. The summed E-state index contributed by atoms with van der Waals surface area (Å²) in [4.78, 5) is 18.3. The molecule has 0 spiro atoms. The third kappa shape index (κ3) is 2.12. The van der Waals surface area contributed by atoms with Crippen LogP contribution in [-0.4, -0.2) is 50.7 Å². The van der Waals surface area contributed by atoms with Crippen molar-refractivity contribution in [3.63, 3.8) is 0 Å². The number of carbonyl (C=O) groups is 1. The molecular formula is C12H19N5O. The Labute approximate surface area is 106 Å². The highest BCUT2D eigenvalue weighted by Gasteiger charge is 2.32. The zero-order chi connectivity index (χ0) is 12.5. The Morgan fingerprint density at radius 2 is 2.22 bits per heavy atom. The van der Waals surface area contributed by atoms with E-state index >= 15 is 0 Å². The summed E-state index contributed by atoms with van der Waals surface area (Å²) in [6.45, 7) is 3.56. The lowest BCUT2D eigenvalue weighted by Crippen LogP contribution is -2.42. The van der Waals surface area contributed by atoms with E-state index in [1.807, 2.05) is 11.8 Å². The Hall–Kier alpha value is -1.43. The van der Waals surface area contributed by atoms with Gasteiger partial charge in [-0.3, -0.25) is 4.79 Å². The number of hydrogen-bond donors (Lipinski definition) is 1. The molecule has 0 radical (unpaired) electrons. The van der Waals surface area contributed by atoms with Gasteiger partial charge < -0.3 is 10.2 Å². The van der Waals surface area contributed by atoms with Crippen molar-refractivity contribution in [1.29, 1.82) is 0 Å². The van der Waals surface area contributed by atoms with E-state index in [9.17, 15) is 4.79 Å². The molecular weight excluding hydrogens is 230 g/mol.